The molecule has 1 atom stereocenters. The molecular weight excluding hydrogens is 202 g/mol. The minimum Gasteiger partial charge on any atom is -0.397 e. The molecule has 0 aromatic carbocycles. The molecule has 0 saturated carbocycles. The second kappa shape index (κ2) is 5.05. The fourth-order valence-corrected chi connectivity index (χ4v) is 1.63. The number of amides is 1. The smallest absolute Gasteiger partial charge is 0.270 e. The van der Waals surface area contributed by atoms with Gasteiger partial charge < -0.3 is 15.2 Å². The number of aryl methyl sites for hydroxylation is 1. The molecule has 16 heavy (non-hydrogen) atoms. The first-order chi connectivity index (χ1) is 7.51. The molecule has 2 N–H and O–H groups in total. The highest BCUT2D eigenvalue weighted by atomic mass is 16.2. The van der Waals surface area contributed by atoms with E-state index in [1.54, 1.807) is 17.2 Å². The van der Waals surface area contributed by atoms with Gasteiger partial charge in [0.15, 0.2) is 0 Å². The molecule has 1 aromatic heterocycles. The Kier molecular flexibility index (Phi) is 3.99. The molecule has 0 radical (unpaired) electrons. The normalized spacial score (nSPS) is 12.5. The second-order valence-corrected chi connectivity index (χ2v) is 4.12. The van der Waals surface area contributed by atoms with Gasteiger partial charge in [-0.15, -0.1) is 0 Å². The van der Waals surface area contributed by atoms with Gasteiger partial charge in [0.05, 0.1) is 5.69 Å². The molecule has 0 bridgehead atoms. The van der Waals surface area contributed by atoms with Crippen LogP contribution < -0.4 is 5.73 Å². The van der Waals surface area contributed by atoms with Crippen molar-refractivity contribution in [2.75, 3.05) is 12.8 Å². The van der Waals surface area contributed by atoms with Crippen molar-refractivity contribution in [1.29, 1.82) is 0 Å². The molecule has 0 spiro atoms. The van der Waals surface area contributed by atoms with E-state index in [0.717, 1.165) is 13.0 Å². The van der Waals surface area contributed by atoms with Gasteiger partial charge in [-0.25, -0.2) is 0 Å². The van der Waals surface area contributed by atoms with Crippen molar-refractivity contribution in [1.82, 2.24) is 9.47 Å². The first kappa shape index (κ1) is 12.6. The molecule has 1 aromatic rings. The number of carbonyl (C=O) groups excluding carboxylic acids is 1. The Balaban J connectivity index is 2.95. The fraction of sp³-hybridized carbons (Fsp3) is 0.583. The predicted octanol–water partition coefficient (Wildman–Crippen LogP) is 1.96. The summed E-state index contributed by atoms with van der Waals surface area (Å²) in [7, 11) is 1.83. The van der Waals surface area contributed by atoms with Gasteiger partial charge in [0, 0.05) is 25.8 Å². The largest absolute Gasteiger partial charge is 0.397 e. The minimum atomic E-state index is 0.0351. The van der Waals surface area contributed by atoms with Crippen molar-refractivity contribution in [3.8, 4) is 0 Å². The Morgan fingerprint density at radius 1 is 1.56 bits per heavy atom. The van der Waals surface area contributed by atoms with Crippen LogP contribution in [0.2, 0.25) is 0 Å². The molecular formula is C12H21N3O. The fourth-order valence-electron chi connectivity index (χ4n) is 1.63. The zero-order chi connectivity index (χ0) is 12.3. The van der Waals surface area contributed by atoms with Crippen LogP contribution in [-0.4, -0.2) is 28.5 Å². The number of anilines is 1. The maximum Gasteiger partial charge on any atom is 0.270 e. The maximum atomic E-state index is 12.2. The van der Waals surface area contributed by atoms with E-state index in [9.17, 15) is 4.79 Å². The molecule has 4 heteroatoms. The third-order valence-electron chi connectivity index (χ3n) is 3.05. The van der Waals surface area contributed by atoms with E-state index < -0.39 is 0 Å². The number of rotatable bonds is 4. The average Bonchev–Trinajstić information content (AvgIpc) is 2.67. The van der Waals surface area contributed by atoms with E-state index in [2.05, 4.69) is 6.92 Å². The molecule has 1 rings (SSSR count). The molecule has 1 amide bonds. The van der Waals surface area contributed by atoms with Crippen molar-refractivity contribution in [2.24, 2.45) is 0 Å². The van der Waals surface area contributed by atoms with Gasteiger partial charge in [0.25, 0.3) is 5.91 Å². The van der Waals surface area contributed by atoms with E-state index in [-0.39, 0.29) is 11.9 Å². The topological polar surface area (TPSA) is 51.3 Å². The number of nitrogens with zero attached hydrogens (tertiary/aromatic N) is 2. The highest BCUT2D eigenvalue weighted by molar-refractivity contribution is 5.93. The first-order valence-electron chi connectivity index (χ1n) is 5.74. The monoisotopic (exact) mass is 223 g/mol. The minimum absolute atomic E-state index is 0.0351. The quantitative estimate of drug-likeness (QED) is 0.848. The van der Waals surface area contributed by atoms with Crippen molar-refractivity contribution < 1.29 is 4.79 Å². The Labute approximate surface area is 97.0 Å². The van der Waals surface area contributed by atoms with Crippen LogP contribution in [0.1, 0.15) is 37.7 Å². The summed E-state index contributed by atoms with van der Waals surface area (Å²) in [6.07, 6.45) is 2.75. The van der Waals surface area contributed by atoms with Crippen molar-refractivity contribution >= 4 is 11.6 Å². The number of hydrogen-bond donors (Lipinski definition) is 1. The summed E-state index contributed by atoms with van der Waals surface area (Å²) in [6, 6.07) is 1.99. The number of aromatic nitrogens is 1. The summed E-state index contributed by atoms with van der Waals surface area (Å²) >= 11 is 0. The summed E-state index contributed by atoms with van der Waals surface area (Å²) in [4.78, 5) is 14.0. The van der Waals surface area contributed by atoms with Gasteiger partial charge in [0.1, 0.15) is 5.69 Å². The predicted molar refractivity (Wildman–Crippen MR) is 66.4 cm³/mol. The van der Waals surface area contributed by atoms with Crippen molar-refractivity contribution in [3.05, 3.63) is 18.0 Å². The maximum absolute atomic E-state index is 12.2. The highest BCUT2D eigenvalue weighted by Gasteiger charge is 2.19. The lowest BCUT2D eigenvalue weighted by atomic mass is 10.2. The van der Waals surface area contributed by atoms with Gasteiger partial charge in [-0.1, -0.05) is 6.92 Å². The highest BCUT2D eigenvalue weighted by Crippen LogP contribution is 2.14. The lowest BCUT2D eigenvalue weighted by Crippen LogP contribution is -2.35. The zero-order valence-electron chi connectivity index (χ0n) is 10.5. The average molecular weight is 223 g/mol. The zero-order valence-corrected chi connectivity index (χ0v) is 10.5. The number of hydrogen-bond acceptors (Lipinski definition) is 2. The lowest BCUT2D eigenvalue weighted by Gasteiger charge is -2.24. The van der Waals surface area contributed by atoms with Gasteiger partial charge in [0.2, 0.25) is 0 Å². The van der Waals surface area contributed by atoms with Crippen LogP contribution in [0.4, 0.5) is 5.69 Å². The summed E-state index contributed by atoms with van der Waals surface area (Å²) in [5, 5.41) is 0. The van der Waals surface area contributed by atoms with E-state index >= 15 is 0 Å². The van der Waals surface area contributed by atoms with Gasteiger partial charge in [-0.3, -0.25) is 4.79 Å². The van der Waals surface area contributed by atoms with E-state index in [1.807, 2.05) is 25.5 Å². The van der Waals surface area contributed by atoms with Crippen LogP contribution in [0.3, 0.4) is 0 Å². The Morgan fingerprint density at radius 2 is 2.19 bits per heavy atom. The van der Waals surface area contributed by atoms with E-state index in [0.29, 0.717) is 11.4 Å². The third kappa shape index (κ3) is 2.38. The summed E-state index contributed by atoms with van der Waals surface area (Å²) in [6.45, 7) is 6.87. The Morgan fingerprint density at radius 3 is 2.69 bits per heavy atom. The number of nitrogen functional groups attached to an aromatic ring is 1. The molecule has 0 saturated heterocycles. The Bertz CT molecular complexity index is 370. The summed E-state index contributed by atoms with van der Waals surface area (Å²) < 4.78 is 1.89. The molecule has 1 heterocycles. The third-order valence-corrected chi connectivity index (χ3v) is 3.05. The van der Waals surface area contributed by atoms with Gasteiger partial charge in [-0.05, 0) is 26.3 Å². The molecule has 0 fully saturated rings. The number of carbonyl (C=O) groups is 1. The van der Waals surface area contributed by atoms with Crippen molar-refractivity contribution in [2.45, 2.75) is 39.8 Å². The molecule has 4 nitrogen and oxygen atoms in total. The van der Waals surface area contributed by atoms with Crippen LogP contribution in [0.25, 0.3) is 0 Å². The molecule has 0 aliphatic heterocycles. The molecule has 0 aliphatic rings. The van der Waals surface area contributed by atoms with Crippen LogP contribution >= 0.6 is 0 Å². The van der Waals surface area contributed by atoms with Crippen LogP contribution in [-0.2, 0) is 6.54 Å². The summed E-state index contributed by atoms with van der Waals surface area (Å²) in [5.41, 5.74) is 7.02. The molecule has 90 valence electrons. The standard InChI is InChI=1S/C12H21N3O/c1-5-9(3)14(4)12(16)11-7-10(13)8-15(11)6-2/h7-9H,5-6,13H2,1-4H3. The van der Waals surface area contributed by atoms with Gasteiger partial charge in [-0.2, -0.15) is 0 Å². The van der Waals surface area contributed by atoms with E-state index in [4.69, 9.17) is 5.73 Å². The van der Waals surface area contributed by atoms with Crippen LogP contribution in [0.15, 0.2) is 12.3 Å². The molecule has 1 unspecified atom stereocenters. The van der Waals surface area contributed by atoms with Crippen molar-refractivity contribution in [3.63, 3.8) is 0 Å². The van der Waals surface area contributed by atoms with E-state index in [1.165, 1.54) is 0 Å². The van der Waals surface area contributed by atoms with Crippen LogP contribution in [0, 0.1) is 0 Å². The lowest BCUT2D eigenvalue weighted by molar-refractivity contribution is 0.0730. The number of nitrogens with two attached hydrogens (primary N) is 1. The SMILES string of the molecule is CCC(C)N(C)C(=O)c1cc(N)cn1CC. The van der Waals surface area contributed by atoms with Gasteiger partial charge >= 0.3 is 0 Å². The molecule has 0 aliphatic carbocycles. The van der Waals surface area contributed by atoms with Crippen LogP contribution in [0.5, 0.6) is 0 Å². The summed E-state index contributed by atoms with van der Waals surface area (Å²) in [5.74, 6) is 0.0351. The first-order valence-corrected chi connectivity index (χ1v) is 5.74. The Hall–Kier alpha value is -1.45. The second-order valence-electron chi connectivity index (χ2n) is 4.12.